The lowest BCUT2D eigenvalue weighted by atomic mass is 10.0. The maximum absolute atomic E-state index is 14.5. The Kier molecular flexibility index (Phi) is 9.02. The van der Waals surface area contributed by atoms with Crippen LogP contribution < -0.4 is 5.32 Å². The molecule has 0 radical (unpaired) electrons. The Bertz CT molecular complexity index is 1860. The van der Waals surface area contributed by atoms with E-state index < -0.39 is 15.4 Å². The van der Waals surface area contributed by atoms with Gasteiger partial charge in [-0.1, -0.05) is 23.2 Å². The minimum Gasteiger partial charge on any atom is -0.444 e. The van der Waals surface area contributed by atoms with Gasteiger partial charge in [-0.15, -0.1) is 0 Å². The fourth-order valence-corrected chi connectivity index (χ4v) is 7.92. The summed E-state index contributed by atoms with van der Waals surface area (Å²) in [6.45, 7) is 10.7. The topological polar surface area (TPSA) is 127 Å². The molecule has 6 rings (SSSR count). The second kappa shape index (κ2) is 12.8. The molecule has 1 unspecified atom stereocenters. The van der Waals surface area contributed by atoms with E-state index in [4.69, 9.17) is 26.1 Å². The molecule has 2 aliphatic heterocycles. The number of likely N-dealkylation sites (tertiary alicyclic amines) is 1. The predicted octanol–water partition coefficient (Wildman–Crippen LogP) is 6.98. The number of rotatable bonds is 7. The fourth-order valence-electron chi connectivity index (χ4n) is 6.09. The molecule has 12 heteroatoms. The SMILES string of the molecule is Cc1ccc(S(=O)(=O)c2ccnc3[nH]c(C4CCN(C(=O)OC(C)(C)C)C4)cc23)c(-c2nc(NCC3CCOCC3)ccc2Cl)c1. The highest BCUT2D eigenvalue weighted by Gasteiger charge is 2.33. The van der Waals surface area contributed by atoms with Crippen molar-refractivity contribution < 1.29 is 22.7 Å². The Balaban J connectivity index is 1.32. The van der Waals surface area contributed by atoms with Gasteiger partial charge < -0.3 is 24.7 Å². The highest BCUT2D eigenvalue weighted by atomic mass is 35.5. The predicted molar refractivity (Wildman–Crippen MR) is 178 cm³/mol. The third-order valence-corrected chi connectivity index (χ3v) is 10.7. The number of benzene rings is 1. The molecule has 2 aliphatic rings. The van der Waals surface area contributed by atoms with Crippen molar-refractivity contribution in [2.45, 2.75) is 68.3 Å². The number of pyridine rings is 2. The number of fused-ring (bicyclic) bond motifs is 1. The van der Waals surface area contributed by atoms with Crippen LogP contribution in [0.4, 0.5) is 10.6 Å². The first-order valence-corrected chi connectivity index (χ1v) is 17.5. The molecule has 46 heavy (non-hydrogen) atoms. The lowest BCUT2D eigenvalue weighted by Crippen LogP contribution is -2.35. The van der Waals surface area contributed by atoms with Crippen molar-refractivity contribution in [3.8, 4) is 11.3 Å². The summed E-state index contributed by atoms with van der Waals surface area (Å²) in [4.78, 5) is 27.2. The number of H-pyrrole nitrogens is 1. The molecule has 4 aromatic rings. The number of carbonyl (C=O) groups excluding carboxylic acids is 1. The van der Waals surface area contributed by atoms with Crippen LogP contribution in [0.5, 0.6) is 0 Å². The third kappa shape index (κ3) is 6.86. The van der Waals surface area contributed by atoms with E-state index in [2.05, 4.69) is 15.3 Å². The summed E-state index contributed by atoms with van der Waals surface area (Å²) in [5.74, 6) is 1.11. The van der Waals surface area contributed by atoms with E-state index >= 15 is 0 Å². The van der Waals surface area contributed by atoms with Crippen LogP contribution in [0.15, 0.2) is 58.5 Å². The molecule has 244 valence electrons. The van der Waals surface area contributed by atoms with Crippen LogP contribution in [0.25, 0.3) is 22.3 Å². The number of anilines is 1. The number of aromatic nitrogens is 3. The average molecular weight is 666 g/mol. The molecule has 0 aliphatic carbocycles. The number of hydrogen-bond acceptors (Lipinski definition) is 8. The number of nitrogens with one attached hydrogen (secondary N) is 2. The van der Waals surface area contributed by atoms with Gasteiger partial charge in [0.2, 0.25) is 9.84 Å². The van der Waals surface area contributed by atoms with Crippen LogP contribution in [-0.4, -0.2) is 72.8 Å². The van der Waals surface area contributed by atoms with Crippen LogP contribution in [0, 0.1) is 12.8 Å². The molecule has 1 aromatic carbocycles. The molecule has 3 aromatic heterocycles. The number of aryl methyl sites for hydroxylation is 1. The quantitative estimate of drug-likeness (QED) is 0.216. The largest absolute Gasteiger partial charge is 0.444 e. The van der Waals surface area contributed by atoms with Gasteiger partial charge in [0.25, 0.3) is 0 Å². The summed E-state index contributed by atoms with van der Waals surface area (Å²) in [5, 5.41) is 4.26. The zero-order chi connectivity index (χ0) is 32.6. The smallest absolute Gasteiger partial charge is 0.410 e. The standard InChI is InChI=1S/C34H40ClN5O5S/c1-21-5-7-28(24(17-21)31-26(35)6-8-30(39-31)37-19-22-11-15-44-16-12-22)46(42,43)29-9-13-36-32-25(29)18-27(38-32)23-10-14-40(20-23)33(41)45-34(2,3)4/h5-9,13,17-18,22-23H,10-12,14-16,19-20H2,1-4H3,(H,36,38)(H,37,39). The van der Waals surface area contributed by atoms with Crippen molar-refractivity contribution in [3.05, 3.63) is 64.9 Å². The molecule has 5 heterocycles. The maximum atomic E-state index is 14.5. The Labute approximate surface area is 274 Å². The second-order valence-electron chi connectivity index (χ2n) is 13.2. The van der Waals surface area contributed by atoms with E-state index in [1.807, 2.05) is 45.9 Å². The Morgan fingerprint density at radius 1 is 1.11 bits per heavy atom. The van der Waals surface area contributed by atoms with Gasteiger partial charge >= 0.3 is 6.09 Å². The molecule has 1 atom stereocenters. The normalized spacial score (nSPS) is 17.8. The molecule has 0 spiro atoms. The second-order valence-corrected chi connectivity index (χ2v) is 15.5. The molecule has 10 nitrogen and oxygen atoms in total. The van der Waals surface area contributed by atoms with Crippen molar-refractivity contribution in [3.63, 3.8) is 0 Å². The first-order chi connectivity index (χ1) is 21.9. The van der Waals surface area contributed by atoms with Gasteiger partial charge in [0.05, 0.1) is 20.5 Å². The van der Waals surface area contributed by atoms with Gasteiger partial charge in [-0.3, -0.25) is 0 Å². The highest BCUT2D eigenvalue weighted by Crippen LogP contribution is 2.38. The van der Waals surface area contributed by atoms with Crippen molar-refractivity contribution in [2.75, 3.05) is 38.2 Å². The number of halogens is 1. The van der Waals surface area contributed by atoms with Crippen molar-refractivity contribution in [1.29, 1.82) is 0 Å². The number of nitrogens with zero attached hydrogens (tertiary/aromatic N) is 3. The lowest BCUT2D eigenvalue weighted by molar-refractivity contribution is 0.0292. The third-order valence-electron chi connectivity index (χ3n) is 8.52. The Morgan fingerprint density at radius 3 is 2.65 bits per heavy atom. The number of hydrogen-bond donors (Lipinski definition) is 2. The average Bonchev–Trinajstić information content (AvgIpc) is 3.68. The van der Waals surface area contributed by atoms with Crippen LogP contribution >= 0.6 is 11.6 Å². The van der Waals surface area contributed by atoms with E-state index in [-0.39, 0.29) is 21.8 Å². The highest BCUT2D eigenvalue weighted by molar-refractivity contribution is 7.91. The van der Waals surface area contributed by atoms with Gasteiger partial charge in [0.15, 0.2) is 0 Å². The zero-order valence-electron chi connectivity index (χ0n) is 26.6. The first kappa shape index (κ1) is 32.3. The van der Waals surface area contributed by atoms with Crippen LogP contribution in [0.3, 0.4) is 0 Å². The number of sulfone groups is 1. The molecule has 2 N–H and O–H groups in total. The van der Waals surface area contributed by atoms with E-state index in [0.29, 0.717) is 52.1 Å². The van der Waals surface area contributed by atoms with Crippen LogP contribution in [0.1, 0.15) is 57.2 Å². The van der Waals surface area contributed by atoms with Crippen LogP contribution in [0.2, 0.25) is 5.02 Å². The first-order valence-electron chi connectivity index (χ1n) is 15.7. The molecule has 1 amide bonds. The fraction of sp³-hybridized carbons (Fsp3) is 0.441. The summed E-state index contributed by atoms with van der Waals surface area (Å²) in [6.07, 6.45) is 3.83. The minimum absolute atomic E-state index is 0.00779. The number of aromatic amines is 1. The lowest BCUT2D eigenvalue weighted by Gasteiger charge is -2.24. The summed E-state index contributed by atoms with van der Waals surface area (Å²) in [7, 11) is -4.05. The summed E-state index contributed by atoms with van der Waals surface area (Å²) < 4.78 is 40.0. The number of amides is 1. The van der Waals surface area contributed by atoms with E-state index in [9.17, 15) is 13.2 Å². The van der Waals surface area contributed by atoms with Crippen LogP contribution in [-0.2, 0) is 19.3 Å². The van der Waals surface area contributed by atoms with E-state index in [0.717, 1.165) is 50.3 Å². The summed E-state index contributed by atoms with van der Waals surface area (Å²) in [5.41, 5.74) is 2.43. The minimum atomic E-state index is -4.05. The summed E-state index contributed by atoms with van der Waals surface area (Å²) in [6, 6.07) is 12.2. The maximum Gasteiger partial charge on any atom is 0.410 e. The van der Waals surface area contributed by atoms with Gasteiger partial charge in [0.1, 0.15) is 17.1 Å². The van der Waals surface area contributed by atoms with Crippen molar-refractivity contribution in [2.24, 2.45) is 5.92 Å². The number of carbonyl (C=O) groups is 1. The molecule has 0 saturated carbocycles. The molecular weight excluding hydrogens is 626 g/mol. The monoisotopic (exact) mass is 665 g/mol. The van der Waals surface area contributed by atoms with Gasteiger partial charge in [-0.25, -0.2) is 23.2 Å². The van der Waals surface area contributed by atoms with Gasteiger partial charge in [-0.05, 0) is 89.3 Å². The Morgan fingerprint density at radius 2 is 1.89 bits per heavy atom. The molecule has 0 bridgehead atoms. The van der Waals surface area contributed by atoms with Crippen molar-refractivity contribution >= 4 is 44.4 Å². The molecule has 2 saturated heterocycles. The van der Waals surface area contributed by atoms with Gasteiger partial charge in [0, 0.05) is 61.6 Å². The van der Waals surface area contributed by atoms with E-state index in [1.54, 1.807) is 23.1 Å². The zero-order valence-corrected chi connectivity index (χ0v) is 28.2. The Hall–Kier alpha value is -3.67. The van der Waals surface area contributed by atoms with E-state index in [1.165, 1.54) is 12.3 Å². The number of ether oxygens (including phenoxy) is 2. The molecule has 2 fully saturated rings. The van der Waals surface area contributed by atoms with Crippen molar-refractivity contribution in [1.82, 2.24) is 19.9 Å². The molecular formula is C34H40ClN5O5S. The summed E-state index contributed by atoms with van der Waals surface area (Å²) >= 11 is 6.69. The van der Waals surface area contributed by atoms with Gasteiger partial charge in [-0.2, -0.15) is 0 Å².